The van der Waals surface area contributed by atoms with Gasteiger partial charge >= 0.3 is 5.51 Å². The average Bonchev–Trinajstić information content (AvgIpc) is 2.83. The van der Waals surface area contributed by atoms with Gasteiger partial charge in [0.25, 0.3) is 0 Å². The van der Waals surface area contributed by atoms with Gasteiger partial charge in [0.2, 0.25) is 0 Å². The molecule has 3 rings (SSSR count). The maximum atomic E-state index is 12.3. The van der Waals surface area contributed by atoms with Crippen molar-refractivity contribution in [1.82, 2.24) is 0 Å². The first-order chi connectivity index (χ1) is 9.77. The van der Waals surface area contributed by atoms with Crippen LogP contribution in [0.3, 0.4) is 0 Å². The third-order valence-electron chi connectivity index (χ3n) is 4.51. The van der Waals surface area contributed by atoms with Crippen molar-refractivity contribution in [3.05, 3.63) is 24.3 Å². The molecule has 1 N–H and O–H groups in total. The van der Waals surface area contributed by atoms with Gasteiger partial charge in [0, 0.05) is 34.6 Å². The molecular formula is C15H18F3NOS. The Morgan fingerprint density at radius 2 is 1.90 bits per heavy atom. The number of hydrogen-bond acceptors (Lipinski definition) is 3. The Balaban J connectivity index is 1.66. The van der Waals surface area contributed by atoms with E-state index >= 15 is 0 Å². The lowest BCUT2D eigenvalue weighted by Crippen LogP contribution is -2.63. The van der Waals surface area contributed by atoms with E-state index in [-0.39, 0.29) is 22.1 Å². The quantitative estimate of drug-likeness (QED) is 0.828. The van der Waals surface area contributed by atoms with Gasteiger partial charge in [-0.1, -0.05) is 13.8 Å². The second-order valence-corrected chi connectivity index (χ2v) is 7.40. The molecule has 21 heavy (non-hydrogen) atoms. The van der Waals surface area contributed by atoms with Crippen molar-refractivity contribution in [2.45, 2.75) is 42.8 Å². The molecule has 2 fully saturated rings. The lowest BCUT2D eigenvalue weighted by Gasteiger charge is -2.55. The Kier molecular flexibility index (Phi) is 3.64. The minimum Gasteiger partial charge on any atom is -0.381 e. The first-order valence-electron chi connectivity index (χ1n) is 7.01. The Labute approximate surface area is 126 Å². The predicted octanol–water partition coefficient (Wildman–Crippen LogP) is 4.52. The molecule has 3 unspecified atom stereocenters. The molecule has 6 heteroatoms. The van der Waals surface area contributed by atoms with Crippen molar-refractivity contribution in [3.8, 4) is 0 Å². The summed E-state index contributed by atoms with van der Waals surface area (Å²) in [4.78, 5) is 0.211. The molecule has 0 aromatic heterocycles. The van der Waals surface area contributed by atoms with E-state index in [0.717, 1.165) is 18.7 Å². The third-order valence-corrected chi connectivity index (χ3v) is 5.25. The molecule has 1 aliphatic heterocycles. The molecule has 0 bridgehead atoms. The van der Waals surface area contributed by atoms with E-state index in [1.54, 1.807) is 12.1 Å². The maximum absolute atomic E-state index is 12.3. The van der Waals surface area contributed by atoms with E-state index in [9.17, 15) is 13.2 Å². The smallest absolute Gasteiger partial charge is 0.381 e. The van der Waals surface area contributed by atoms with Gasteiger partial charge in [-0.3, -0.25) is 0 Å². The highest BCUT2D eigenvalue weighted by Gasteiger charge is 2.59. The van der Waals surface area contributed by atoms with Gasteiger partial charge < -0.3 is 10.1 Å². The van der Waals surface area contributed by atoms with Crippen LogP contribution < -0.4 is 5.32 Å². The van der Waals surface area contributed by atoms with Gasteiger partial charge in [-0.2, -0.15) is 13.2 Å². The molecule has 0 amide bonds. The van der Waals surface area contributed by atoms with E-state index in [0.29, 0.717) is 18.1 Å². The number of ether oxygens (including phenoxy) is 1. The first kappa shape index (κ1) is 15.0. The summed E-state index contributed by atoms with van der Waals surface area (Å²) >= 11 is -0.0845. The van der Waals surface area contributed by atoms with Crippen LogP contribution in [-0.2, 0) is 4.74 Å². The van der Waals surface area contributed by atoms with E-state index in [1.807, 2.05) is 0 Å². The van der Waals surface area contributed by atoms with Crippen LogP contribution >= 0.6 is 11.8 Å². The number of halogens is 3. The SMILES string of the molecule is CC1(C)C(Nc2ccc(SC(F)(F)F)cc2)C2CCOC21. The average molecular weight is 317 g/mol. The molecule has 0 spiro atoms. The van der Waals surface area contributed by atoms with E-state index < -0.39 is 5.51 Å². The molecule has 1 aromatic carbocycles. The Morgan fingerprint density at radius 1 is 1.24 bits per heavy atom. The predicted molar refractivity (Wildman–Crippen MR) is 77.4 cm³/mol. The molecule has 1 saturated carbocycles. The largest absolute Gasteiger partial charge is 0.446 e. The van der Waals surface area contributed by atoms with Crippen LogP contribution in [-0.4, -0.2) is 24.3 Å². The summed E-state index contributed by atoms with van der Waals surface area (Å²) in [6.45, 7) is 5.15. The summed E-state index contributed by atoms with van der Waals surface area (Å²) in [5.41, 5.74) is -3.31. The molecule has 1 saturated heterocycles. The number of hydrogen-bond donors (Lipinski definition) is 1. The topological polar surface area (TPSA) is 21.3 Å². The second-order valence-electron chi connectivity index (χ2n) is 6.26. The highest BCUT2D eigenvalue weighted by Crippen LogP contribution is 2.53. The maximum Gasteiger partial charge on any atom is 0.446 e. The summed E-state index contributed by atoms with van der Waals surface area (Å²) in [5, 5.41) is 3.46. The van der Waals surface area contributed by atoms with Crippen LogP contribution in [0.1, 0.15) is 20.3 Å². The standard InChI is InChI=1S/C15H18F3NOS/c1-14(2)12(11-7-8-20-13(11)14)19-9-3-5-10(6-4-9)21-15(16,17)18/h3-6,11-13,19H,7-8H2,1-2H3. The highest BCUT2D eigenvalue weighted by molar-refractivity contribution is 8.00. The van der Waals surface area contributed by atoms with Crippen molar-refractivity contribution in [2.24, 2.45) is 11.3 Å². The van der Waals surface area contributed by atoms with Crippen LogP contribution in [0, 0.1) is 11.3 Å². The molecule has 1 aromatic rings. The zero-order chi connectivity index (χ0) is 15.3. The van der Waals surface area contributed by atoms with Gasteiger partial charge in [0.1, 0.15) is 0 Å². The van der Waals surface area contributed by atoms with Crippen LogP contribution in [0.15, 0.2) is 29.2 Å². The lowest BCUT2D eigenvalue weighted by molar-refractivity contribution is -0.0923. The van der Waals surface area contributed by atoms with Gasteiger partial charge in [0.05, 0.1) is 6.10 Å². The summed E-state index contributed by atoms with van der Waals surface area (Å²) < 4.78 is 42.6. The van der Waals surface area contributed by atoms with E-state index in [2.05, 4.69) is 19.2 Å². The number of fused-ring (bicyclic) bond motifs is 1. The Bertz CT molecular complexity index is 515. The van der Waals surface area contributed by atoms with Crippen LogP contribution in [0.2, 0.25) is 0 Å². The van der Waals surface area contributed by atoms with Crippen LogP contribution in [0.5, 0.6) is 0 Å². The van der Waals surface area contributed by atoms with Crippen molar-refractivity contribution in [2.75, 3.05) is 11.9 Å². The van der Waals surface area contributed by atoms with Crippen molar-refractivity contribution in [1.29, 1.82) is 0 Å². The summed E-state index contributed by atoms with van der Waals surface area (Å²) in [7, 11) is 0. The fourth-order valence-corrected chi connectivity index (χ4v) is 4.09. The Hall–Kier alpha value is -0.880. The third kappa shape index (κ3) is 2.88. The number of rotatable bonds is 3. The van der Waals surface area contributed by atoms with Crippen molar-refractivity contribution in [3.63, 3.8) is 0 Å². The fourth-order valence-electron chi connectivity index (χ4n) is 3.55. The Morgan fingerprint density at radius 3 is 2.52 bits per heavy atom. The minimum atomic E-state index is -4.24. The molecule has 0 radical (unpaired) electrons. The number of benzene rings is 1. The summed E-state index contributed by atoms with van der Waals surface area (Å²) in [6, 6.07) is 6.76. The summed E-state index contributed by atoms with van der Waals surface area (Å²) in [5.74, 6) is 0.504. The van der Waals surface area contributed by atoms with Gasteiger partial charge in [-0.25, -0.2) is 0 Å². The number of nitrogens with one attached hydrogen (secondary N) is 1. The molecule has 3 atom stereocenters. The number of alkyl halides is 3. The second kappa shape index (κ2) is 5.09. The molecule has 2 aliphatic rings. The normalized spacial score (nSPS) is 30.6. The molecule has 116 valence electrons. The van der Waals surface area contributed by atoms with Crippen molar-refractivity contribution >= 4 is 17.4 Å². The molecule has 2 nitrogen and oxygen atoms in total. The van der Waals surface area contributed by atoms with Crippen LogP contribution in [0.25, 0.3) is 0 Å². The first-order valence-corrected chi connectivity index (χ1v) is 7.83. The van der Waals surface area contributed by atoms with Crippen molar-refractivity contribution < 1.29 is 17.9 Å². The molecule has 1 heterocycles. The number of anilines is 1. The zero-order valence-corrected chi connectivity index (χ0v) is 12.7. The van der Waals surface area contributed by atoms with Gasteiger partial charge in [-0.15, -0.1) is 0 Å². The van der Waals surface area contributed by atoms with E-state index in [1.165, 1.54) is 12.1 Å². The zero-order valence-electron chi connectivity index (χ0n) is 11.9. The fraction of sp³-hybridized carbons (Fsp3) is 0.600. The monoisotopic (exact) mass is 317 g/mol. The van der Waals surface area contributed by atoms with Gasteiger partial charge in [0.15, 0.2) is 0 Å². The highest BCUT2D eigenvalue weighted by atomic mass is 32.2. The molecule has 1 aliphatic carbocycles. The van der Waals surface area contributed by atoms with Gasteiger partial charge in [-0.05, 0) is 42.4 Å². The number of thioether (sulfide) groups is 1. The summed E-state index contributed by atoms with van der Waals surface area (Å²) in [6.07, 6.45) is 1.35. The van der Waals surface area contributed by atoms with E-state index in [4.69, 9.17) is 4.74 Å². The lowest BCUT2D eigenvalue weighted by atomic mass is 9.57. The minimum absolute atomic E-state index is 0.0561. The molecular weight excluding hydrogens is 299 g/mol. The van der Waals surface area contributed by atoms with Crippen LogP contribution in [0.4, 0.5) is 18.9 Å².